The Bertz CT molecular complexity index is 1350. The summed E-state index contributed by atoms with van der Waals surface area (Å²) in [5, 5.41) is 7.18. The van der Waals surface area contributed by atoms with Crippen LogP contribution in [-0.4, -0.2) is 26.9 Å². The molecule has 1 saturated carbocycles. The molecule has 1 aliphatic rings. The summed E-state index contributed by atoms with van der Waals surface area (Å²) >= 11 is 7.56. The summed E-state index contributed by atoms with van der Waals surface area (Å²) in [4.78, 5) is 27.2. The lowest BCUT2D eigenvalue weighted by atomic mass is 9.95. The third-order valence-electron chi connectivity index (χ3n) is 6.12. The maximum Gasteiger partial charge on any atom is 0.260 e. The lowest BCUT2D eigenvalue weighted by Gasteiger charge is -2.23. The van der Waals surface area contributed by atoms with E-state index in [2.05, 4.69) is 45.7 Å². The molecule has 1 aromatic carbocycles. The number of rotatable bonds is 6. The molecule has 1 aliphatic carbocycles. The number of carbonyl (C=O) groups excluding carboxylic acids is 1. The fourth-order valence-corrected chi connectivity index (χ4v) is 5.57. The monoisotopic (exact) mass is 503 g/mol. The van der Waals surface area contributed by atoms with Crippen LogP contribution < -0.4 is 10.6 Å². The highest BCUT2D eigenvalue weighted by atomic mass is 35.5. The highest BCUT2D eigenvalue weighted by Gasteiger charge is 2.20. The zero-order valence-corrected chi connectivity index (χ0v) is 21.0. The SMILES string of the molecule is Cc1cccc(-c2nc(NC(=O)c3cccnc3Cl)sc2-c2ccnc(NC3CCCCC3)c2)c1. The number of carbonyl (C=O) groups is 1. The van der Waals surface area contributed by atoms with E-state index in [4.69, 9.17) is 16.6 Å². The molecule has 178 valence electrons. The molecule has 0 radical (unpaired) electrons. The number of nitrogens with one attached hydrogen (secondary N) is 2. The molecule has 2 N–H and O–H groups in total. The van der Waals surface area contributed by atoms with Crippen molar-refractivity contribution in [2.45, 2.75) is 45.1 Å². The van der Waals surface area contributed by atoms with Crippen LogP contribution in [0.5, 0.6) is 0 Å². The van der Waals surface area contributed by atoms with Crippen molar-refractivity contribution in [2.24, 2.45) is 0 Å². The molecule has 0 bridgehead atoms. The van der Waals surface area contributed by atoms with Gasteiger partial charge in [0.1, 0.15) is 11.0 Å². The van der Waals surface area contributed by atoms with Crippen molar-refractivity contribution in [2.75, 3.05) is 10.6 Å². The Morgan fingerprint density at radius 2 is 1.86 bits per heavy atom. The highest BCUT2D eigenvalue weighted by molar-refractivity contribution is 7.19. The van der Waals surface area contributed by atoms with Gasteiger partial charge in [0, 0.05) is 24.0 Å². The minimum atomic E-state index is -0.339. The lowest BCUT2D eigenvalue weighted by molar-refractivity contribution is 0.102. The normalized spacial score (nSPS) is 14.0. The number of anilines is 2. The van der Waals surface area contributed by atoms with Crippen LogP contribution in [0.1, 0.15) is 48.0 Å². The fourth-order valence-electron chi connectivity index (χ4n) is 4.38. The van der Waals surface area contributed by atoms with Gasteiger partial charge in [0.2, 0.25) is 0 Å². The first kappa shape index (κ1) is 23.5. The van der Waals surface area contributed by atoms with Crippen LogP contribution in [0.2, 0.25) is 5.15 Å². The summed E-state index contributed by atoms with van der Waals surface area (Å²) in [7, 11) is 0. The van der Waals surface area contributed by atoms with Gasteiger partial charge in [-0.3, -0.25) is 10.1 Å². The van der Waals surface area contributed by atoms with E-state index >= 15 is 0 Å². The van der Waals surface area contributed by atoms with Gasteiger partial charge in [-0.2, -0.15) is 0 Å². The average Bonchev–Trinajstić information content (AvgIpc) is 3.29. The predicted molar refractivity (Wildman–Crippen MR) is 143 cm³/mol. The summed E-state index contributed by atoms with van der Waals surface area (Å²) in [6.45, 7) is 2.06. The largest absolute Gasteiger partial charge is 0.367 e. The minimum absolute atomic E-state index is 0.160. The number of halogens is 1. The van der Waals surface area contributed by atoms with Gasteiger partial charge in [-0.15, -0.1) is 0 Å². The van der Waals surface area contributed by atoms with E-state index in [1.807, 2.05) is 24.4 Å². The van der Waals surface area contributed by atoms with Crippen molar-refractivity contribution in [3.63, 3.8) is 0 Å². The molecule has 3 heterocycles. The molecule has 0 spiro atoms. The molecule has 8 heteroatoms. The topological polar surface area (TPSA) is 79.8 Å². The zero-order chi connectivity index (χ0) is 24.2. The number of benzene rings is 1. The number of hydrogen-bond donors (Lipinski definition) is 2. The Morgan fingerprint density at radius 3 is 2.66 bits per heavy atom. The maximum absolute atomic E-state index is 12.9. The van der Waals surface area contributed by atoms with Crippen molar-refractivity contribution in [1.82, 2.24) is 15.0 Å². The first-order valence-electron chi connectivity index (χ1n) is 11.8. The Hall–Kier alpha value is -3.29. The molecule has 4 aromatic rings. The predicted octanol–water partition coefficient (Wildman–Crippen LogP) is 7.23. The Kier molecular flexibility index (Phi) is 7.06. The van der Waals surface area contributed by atoms with Gasteiger partial charge in [0.25, 0.3) is 5.91 Å². The van der Waals surface area contributed by atoms with Crippen molar-refractivity contribution in [3.05, 3.63) is 77.2 Å². The van der Waals surface area contributed by atoms with Gasteiger partial charge in [-0.05, 0) is 55.7 Å². The van der Waals surface area contributed by atoms with Crippen molar-refractivity contribution in [3.8, 4) is 21.7 Å². The standard InChI is InChI=1S/C27H26ClN5OS/c1-17-7-5-8-18(15-17)23-24(19-12-14-29-22(16-19)31-20-9-3-2-4-10-20)35-27(32-23)33-26(34)21-11-6-13-30-25(21)28/h5-8,11-16,20H,2-4,9-10H2,1H3,(H,29,31)(H,32,33,34). The third kappa shape index (κ3) is 5.52. The summed E-state index contributed by atoms with van der Waals surface area (Å²) in [6, 6.07) is 16.1. The molecular formula is C27H26ClN5OS. The van der Waals surface area contributed by atoms with Gasteiger partial charge < -0.3 is 5.32 Å². The number of thiazole rings is 1. The average molecular weight is 504 g/mol. The molecule has 0 atom stereocenters. The molecular weight excluding hydrogens is 478 g/mol. The summed E-state index contributed by atoms with van der Waals surface area (Å²) in [5.41, 5.74) is 4.28. The number of hydrogen-bond acceptors (Lipinski definition) is 6. The quantitative estimate of drug-likeness (QED) is 0.271. The number of aromatic nitrogens is 3. The second-order valence-electron chi connectivity index (χ2n) is 8.77. The molecule has 3 aromatic heterocycles. The van der Waals surface area contributed by atoms with Gasteiger partial charge >= 0.3 is 0 Å². The van der Waals surface area contributed by atoms with Crippen molar-refractivity contribution < 1.29 is 4.79 Å². The number of amides is 1. The summed E-state index contributed by atoms with van der Waals surface area (Å²) in [6.07, 6.45) is 9.56. The number of nitrogens with zero attached hydrogens (tertiary/aromatic N) is 3. The Balaban J connectivity index is 1.49. The van der Waals surface area contributed by atoms with E-state index in [-0.39, 0.29) is 11.1 Å². The molecule has 1 fully saturated rings. The van der Waals surface area contributed by atoms with Crippen LogP contribution in [0.4, 0.5) is 10.9 Å². The third-order valence-corrected chi connectivity index (χ3v) is 7.44. The second-order valence-corrected chi connectivity index (χ2v) is 10.1. The van der Waals surface area contributed by atoms with E-state index in [1.165, 1.54) is 43.4 Å². The van der Waals surface area contributed by atoms with Gasteiger partial charge in [-0.1, -0.05) is 66.0 Å². The van der Waals surface area contributed by atoms with Crippen LogP contribution >= 0.6 is 22.9 Å². The first-order chi connectivity index (χ1) is 17.1. The molecule has 6 nitrogen and oxygen atoms in total. The van der Waals surface area contributed by atoms with E-state index in [0.29, 0.717) is 16.7 Å². The second kappa shape index (κ2) is 10.5. The van der Waals surface area contributed by atoms with Crippen molar-refractivity contribution >= 4 is 39.8 Å². The zero-order valence-electron chi connectivity index (χ0n) is 19.4. The Labute approximate surface area is 213 Å². The Morgan fingerprint density at radius 1 is 1.00 bits per heavy atom. The molecule has 0 aliphatic heterocycles. The molecule has 0 unspecified atom stereocenters. The van der Waals surface area contributed by atoms with Crippen LogP contribution in [0.25, 0.3) is 21.7 Å². The number of aryl methyl sites for hydroxylation is 1. The van der Waals surface area contributed by atoms with Gasteiger partial charge in [0.05, 0.1) is 16.1 Å². The fraction of sp³-hybridized carbons (Fsp3) is 0.259. The molecule has 1 amide bonds. The van der Waals surface area contributed by atoms with Gasteiger partial charge in [0.15, 0.2) is 5.13 Å². The molecule has 0 saturated heterocycles. The van der Waals surface area contributed by atoms with E-state index in [1.54, 1.807) is 18.3 Å². The molecule has 5 rings (SSSR count). The first-order valence-corrected chi connectivity index (χ1v) is 13.0. The van der Waals surface area contributed by atoms with Crippen molar-refractivity contribution in [1.29, 1.82) is 0 Å². The van der Waals surface area contributed by atoms with Crippen LogP contribution in [0.3, 0.4) is 0 Å². The number of pyridine rings is 2. The van der Waals surface area contributed by atoms with E-state index in [0.717, 1.165) is 33.1 Å². The molecule has 35 heavy (non-hydrogen) atoms. The summed E-state index contributed by atoms with van der Waals surface area (Å²) < 4.78 is 0. The van der Waals surface area contributed by atoms with Crippen LogP contribution in [-0.2, 0) is 0 Å². The van der Waals surface area contributed by atoms with E-state index in [9.17, 15) is 4.79 Å². The highest BCUT2D eigenvalue weighted by Crippen LogP contribution is 2.40. The lowest BCUT2D eigenvalue weighted by Crippen LogP contribution is -2.22. The van der Waals surface area contributed by atoms with Crippen LogP contribution in [0, 0.1) is 6.92 Å². The van der Waals surface area contributed by atoms with Gasteiger partial charge in [-0.25, -0.2) is 15.0 Å². The van der Waals surface area contributed by atoms with Crippen LogP contribution in [0.15, 0.2) is 60.9 Å². The maximum atomic E-state index is 12.9. The smallest absolute Gasteiger partial charge is 0.260 e. The summed E-state index contributed by atoms with van der Waals surface area (Å²) in [5.74, 6) is 0.527. The minimum Gasteiger partial charge on any atom is -0.367 e. The van der Waals surface area contributed by atoms with E-state index < -0.39 is 0 Å².